The number of ether oxygens (including phenoxy) is 1. The summed E-state index contributed by atoms with van der Waals surface area (Å²) in [5.41, 5.74) is 1.17. The third-order valence-electron chi connectivity index (χ3n) is 2.81. The number of nitrogens with zero attached hydrogens (tertiary/aromatic N) is 2. The molecule has 0 aliphatic rings. The van der Waals surface area contributed by atoms with Crippen LogP contribution in [0, 0.1) is 0 Å². The van der Waals surface area contributed by atoms with Gasteiger partial charge in [0.05, 0.1) is 13.2 Å². The van der Waals surface area contributed by atoms with Crippen molar-refractivity contribution in [1.29, 1.82) is 0 Å². The highest BCUT2D eigenvalue weighted by atomic mass is 35.5. The Morgan fingerprint density at radius 2 is 2.14 bits per heavy atom. The molecule has 1 N–H and O–H groups in total. The zero-order valence-corrected chi connectivity index (χ0v) is 13.2. The Hall–Kier alpha value is -1.66. The maximum atomic E-state index is 12.3. The molecule has 0 spiro atoms. The van der Waals surface area contributed by atoms with E-state index in [4.69, 9.17) is 16.3 Å². The Kier molecular flexibility index (Phi) is 7.11. The van der Waals surface area contributed by atoms with Crippen LogP contribution < -0.4 is 5.32 Å². The molecule has 7 heteroatoms. The summed E-state index contributed by atoms with van der Waals surface area (Å²) in [5, 5.41) is 2.93. The van der Waals surface area contributed by atoms with E-state index in [0.29, 0.717) is 25.1 Å². The second-order valence-electron chi connectivity index (χ2n) is 4.53. The lowest BCUT2D eigenvalue weighted by atomic mass is 10.2. The monoisotopic (exact) mass is 313 g/mol. The summed E-state index contributed by atoms with van der Waals surface area (Å²) < 4.78 is 4.84. The fourth-order valence-corrected chi connectivity index (χ4v) is 1.94. The molecule has 1 aromatic heterocycles. The number of methoxy groups -OCH3 is 1. The highest BCUT2D eigenvalue weighted by Gasteiger charge is 2.16. The predicted octanol–water partition coefficient (Wildman–Crippen LogP) is 1.13. The summed E-state index contributed by atoms with van der Waals surface area (Å²) in [6.07, 6.45) is 0.683. The van der Waals surface area contributed by atoms with Crippen LogP contribution in [0.3, 0.4) is 0 Å². The van der Waals surface area contributed by atoms with Gasteiger partial charge >= 0.3 is 0 Å². The van der Waals surface area contributed by atoms with Crippen molar-refractivity contribution in [1.82, 2.24) is 15.2 Å². The minimum absolute atomic E-state index is 0.0239. The molecule has 1 aromatic rings. The average Bonchev–Trinajstić information content (AvgIpc) is 2.45. The first-order valence-corrected chi connectivity index (χ1v) is 7.03. The minimum Gasteiger partial charge on any atom is -0.383 e. The maximum absolute atomic E-state index is 12.3. The standard InChI is InChI=1S/C14H20ClN3O3/c1-4-11-7-10(8-12(15)17-11)14(20)18(2)9-13(19)16-5-6-21-3/h7-8H,4-6,9H2,1-3H3,(H,16,19). The van der Waals surface area contributed by atoms with Crippen molar-refractivity contribution in [2.75, 3.05) is 33.9 Å². The molecule has 116 valence electrons. The lowest BCUT2D eigenvalue weighted by Crippen LogP contribution is -2.39. The van der Waals surface area contributed by atoms with Gasteiger partial charge in [0.2, 0.25) is 5.91 Å². The number of halogens is 1. The van der Waals surface area contributed by atoms with Gasteiger partial charge in [0, 0.05) is 32.0 Å². The van der Waals surface area contributed by atoms with Gasteiger partial charge < -0.3 is 15.0 Å². The molecule has 1 rings (SSSR count). The van der Waals surface area contributed by atoms with Gasteiger partial charge in [-0.3, -0.25) is 9.59 Å². The van der Waals surface area contributed by atoms with Crippen LogP contribution in [-0.2, 0) is 16.0 Å². The molecule has 0 radical (unpaired) electrons. The molecule has 0 aliphatic carbocycles. The summed E-state index contributed by atoms with van der Waals surface area (Å²) in [6.45, 7) is 2.76. The summed E-state index contributed by atoms with van der Waals surface area (Å²) in [7, 11) is 3.12. The van der Waals surface area contributed by atoms with Gasteiger partial charge in [0.25, 0.3) is 5.91 Å². The van der Waals surface area contributed by atoms with Gasteiger partial charge in [-0.1, -0.05) is 18.5 Å². The summed E-state index contributed by atoms with van der Waals surface area (Å²) in [6, 6.07) is 3.19. The molecular formula is C14H20ClN3O3. The third kappa shape index (κ3) is 5.69. The number of carbonyl (C=O) groups excluding carboxylic acids is 2. The molecule has 6 nitrogen and oxygen atoms in total. The zero-order chi connectivity index (χ0) is 15.8. The number of likely N-dealkylation sites (N-methyl/N-ethyl adjacent to an activating group) is 1. The van der Waals surface area contributed by atoms with Crippen molar-refractivity contribution in [2.45, 2.75) is 13.3 Å². The second-order valence-corrected chi connectivity index (χ2v) is 4.91. The Morgan fingerprint density at radius 3 is 2.76 bits per heavy atom. The van der Waals surface area contributed by atoms with Crippen LogP contribution >= 0.6 is 11.6 Å². The molecule has 0 saturated heterocycles. The van der Waals surface area contributed by atoms with E-state index >= 15 is 0 Å². The number of carbonyl (C=O) groups is 2. The Morgan fingerprint density at radius 1 is 1.43 bits per heavy atom. The number of rotatable bonds is 7. The molecular weight excluding hydrogens is 294 g/mol. The molecule has 21 heavy (non-hydrogen) atoms. The quantitative estimate of drug-likeness (QED) is 0.605. The molecule has 0 aromatic carbocycles. The van der Waals surface area contributed by atoms with E-state index in [1.165, 1.54) is 11.0 Å². The van der Waals surface area contributed by atoms with Gasteiger partial charge in [-0.25, -0.2) is 4.98 Å². The molecule has 0 bridgehead atoms. The normalized spacial score (nSPS) is 10.3. The first-order chi connectivity index (χ1) is 9.97. The van der Waals surface area contributed by atoms with Crippen molar-refractivity contribution in [3.63, 3.8) is 0 Å². The largest absolute Gasteiger partial charge is 0.383 e. The molecule has 0 unspecified atom stereocenters. The summed E-state index contributed by atoms with van der Waals surface area (Å²) >= 11 is 5.89. The molecule has 0 aliphatic heterocycles. The fraction of sp³-hybridized carbons (Fsp3) is 0.500. The van der Waals surface area contributed by atoms with Crippen LogP contribution in [0.1, 0.15) is 23.0 Å². The summed E-state index contributed by atoms with van der Waals surface area (Å²) in [4.78, 5) is 29.4. The van der Waals surface area contributed by atoms with Gasteiger partial charge in [0.15, 0.2) is 0 Å². The van der Waals surface area contributed by atoms with Crippen molar-refractivity contribution >= 4 is 23.4 Å². The van der Waals surface area contributed by atoms with Crippen molar-refractivity contribution in [2.24, 2.45) is 0 Å². The average molecular weight is 314 g/mol. The van der Waals surface area contributed by atoms with Gasteiger partial charge in [-0.2, -0.15) is 0 Å². The lowest BCUT2D eigenvalue weighted by Gasteiger charge is -2.17. The third-order valence-corrected chi connectivity index (χ3v) is 3.01. The van der Waals surface area contributed by atoms with Crippen LogP contribution in [0.15, 0.2) is 12.1 Å². The van der Waals surface area contributed by atoms with Crippen LogP contribution in [0.4, 0.5) is 0 Å². The number of hydrogen-bond donors (Lipinski definition) is 1. The first-order valence-electron chi connectivity index (χ1n) is 6.65. The number of nitrogens with one attached hydrogen (secondary N) is 1. The van der Waals surface area contributed by atoms with Gasteiger partial charge in [-0.15, -0.1) is 0 Å². The highest BCUT2D eigenvalue weighted by Crippen LogP contribution is 2.13. The minimum atomic E-state index is -0.268. The van der Waals surface area contributed by atoms with Crippen LogP contribution in [0.5, 0.6) is 0 Å². The van der Waals surface area contributed by atoms with Crippen LogP contribution in [-0.4, -0.2) is 55.6 Å². The van der Waals surface area contributed by atoms with E-state index in [1.807, 2.05) is 6.92 Å². The summed E-state index contributed by atoms with van der Waals surface area (Å²) in [5.74, 6) is -0.505. The van der Waals surface area contributed by atoms with Crippen molar-refractivity contribution in [3.8, 4) is 0 Å². The van der Waals surface area contributed by atoms with E-state index in [1.54, 1.807) is 20.2 Å². The Bertz CT molecular complexity index is 508. The predicted molar refractivity (Wildman–Crippen MR) is 80.5 cm³/mol. The number of amides is 2. The number of pyridine rings is 1. The first kappa shape index (κ1) is 17.4. The van der Waals surface area contributed by atoms with Crippen molar-refractivity contribution in [3.05, 3.63) is 28.5 Å². The van der Waals surface area contributed by atoms with E-state index in [2.05, 4.69) is 10.3 Å². The molecule has 0 saturated carbocycles. The number of aromatic nitrogens is 1. The number of hydrogen-bond acceptors (Lipinski definition) is 4. The highest BCUT2D eigenvalue weighted by molar-refractivity contribution is 6.29. The van der Waals surface area contributed by atoms with Gasteiger partial charge in [0.1, 0.15) is 5.15 Å². The zero-order valence-electron chi connectivity index (χ0n) is 12.5. The molecule has 0 fully saturated rings. The fourth-order valence-electron chi connectivity index (χ4n) is 1.71. The van der Waals surface area contributed by atoms with E-state index in [9.17, 15) is 9.59 Å². The van der Waals surface area contributed by atoms with Gasteiger partial charge in [-0.05, 0) is 18.6 Å². The van der Waals surface area contributed by atoms with Crippen LogP contribution in [0.25, 0.3) is 0 Å². The second kappa shape index (κ2) is 8.59. The SMILES string of the molecule is CCc1cc(C(=O)N(C)CC(=O)NCCOC)cc(Cl)n1. The molecule has 0 atom stereocenters. The van der Waals surface area contributed by atoms with E-state index in [0.717, 1.165) is 5.69 Å². The number of aryl methyl sites for hydroxylation is 1. The van der Waals surface area contributed by atoms with E-state index < -0.39 is 0 Å². The maximum Gasteiger partial charge on any atom is 0.254 e. The Balaban J connectivity index is 2.65. The smallest absolute Gasteiger partial charge is 0.254 e. The topological polar surface area (TPSA) is 71.5 Å². The Labute approximate surface area is 129 Å². The van der Waals surface area contributed by atoms with Crippen LogP contribution in [0.2, 0.25) is 5.15 Å². The van der Waals surface area contributed by atoms with Crippen molar-refractivity contribution < 1.29 is 14.3 Å². The lowest BCUT2D eigenvalue weighted by molar-refractivity contribution is -0.121. The molecule has 2 amide bonds. The molecule has 1 heterocycles. The van der Waals surface area contributed by atoms with E-state index in [-0.39, 0.29) is 23.5 Å².